The largest absolute Gasteiger partial charge is 0.491 e. The quantitative estimate of drug-likeness (QED) is 0.734. The van der Waals surface area contributed by atoms with Crippen LogP contribution in [0.15, 0.2) is 42.5 Å². The minimum Gasteiger partial charge on any atom is -0.491 e. The zero-order valence-corrected chi connectivity index (χ0v) is 17.8. The summed E-state index contributed by atoms with van der Waals surface area (Å²) in [6.45, 7) is 7.48. The maximum atomic E-state index is 12.5. The number of anilines is 1. The van der Waals surface area contributed by atoms with Crippen molar-refractivity contribution in [2.24, 2.45) is 0 Å². The van der Waals surface area contributed by atoms with Crippen molar-refractivity contribution in [2.75, 3.05) is 23.7 Å². The van der Waals surface area contributed by atoms with Crippen molar-refractivity contribution in [3.05, 3.63) is 59.2 Å². The number of para-hydroxylation sites is 1. The van der Waals surface area contributed by atoms with Gasteiger partial charge in [-0.15, -0.1) is 0 Å². The molecule has 2 aromatic carbocycles. The fourth-order valence-corrected chi connectivity index (χ4v) is 3.88. The van der Waals surface area contributed by atoms with E-state index in [0.29, 0.717) is 5.69 Å². The summed E-state index contributed by atoms with van der Waals surface area (Å²) in [4.78, 5) is 12.5. The average molecular weight is 405 g/mol. The molecule has 0 spiro atoms. The second-order valence-electron chi connectivity index (χ2n) is 7.10. The van der Waals surface area contributed by atoms with Crippen LogP contribution in [0, 0.1) is 20.8 Å². The minimum absolute atomic E-state index is 0.270. The van der Waals surface area contributed by atoms with E-state index >= 15 is 0 Å². The van der Waals surface area contributed by atoms with Gasteiger partial charge in [0.2, 0.25) is 15.9 Å². The molecule has 0 aromatic heterocycles. The number of nitrogens with zero attached hydrogens (tertiary/aromatic N) is 1. The van der Waals surface area contributed by atoms with Gasteiger partial charge in [0.25, 0.3) is 0 Å². The summed E-state index contributed by atoms with van der Waals surface area (Å²) in [5.74, 6) is 0.341. The van der Waals surface area contributed by atoms with Gasteiger partial charge >= 0.3 is 0 Å². The molecule has 2 rings (SSSR count). The molecule has 0 fully saturated rings. The third kappa shape index (κ3) is 5.99. The molecular formula is C21H28N2O4S. The number of hydrogen-bond acceptors (Lipinski definition) is 4. The van der Waals surface area contributed by atoms with Gasteiger partial charge in [-0.1, -0.05) is 35.9 Å². The third-order valence-corrected chi connectivity index (χ3v) is 5.42. The van der Waals surface area contributed by atoms with E-state index in [2.05, 4.69) is 5.32 Å². The van der Waals surface area contributed by atoms with Crippen LogP contribution in [0.2, 0.25) is 0 Å². The van der Waals surface area contributed by atoms with Gasteiger partial charge in [-0.3, -0.25) is 9.10 Å². The summed E-state index contributed by atoms with van der Waals surface area (Å²) in [5.41, 5.74) is 3.28. The van der Waals surface area contributed by atoms with Crippen molar-refractivity contribution in [3.8, 4) is 5.75 Å². The van der Waals surface area contributed by atoms with Gasteiger partial charge in [-0.2, -0.15) is 0 Å². The summed E-state index contributed by atoms with van der Waals surface area (Å²) in [6, 6.07) is 12.9. The maximum absolute atomic E-state index is 12.5. The lowest BCUT2D eigenvalue weighted by Gasteiger charge is -2.26. The van der Waals surface area contributed by atoms with Crippen molar-refractivity contribution in [2.45, 2.75) is 33.7 Å². The van der Waals surface area contributed by atoms with Gasteiger partial charge in [0, 0.05) is 0 Å². The highest BCUT2D eigenvalue weighted by Crippen LogP contribution is 2.26. The molecule has 2 aromatic rings. The number of carbonyl (C=O) groups is 1. The molecule has 28 heavy (non-hydrogen) atoms. The Hall–Kier alpha value is -2.54. The van der Waals surface area contributed by atoms with Crippen LogP contribution < -0.4 is 14.4 Å². The molecule has 0 radical (unpaired) electrons. The topological polar surface area (TPSA) is 75.7 Å². The standard InChI is InChI=1S/C21H28N2O4S/c1-15-9-11-19(12-10-15)27-14-18(4)22-20(24)13-23(28(5,25)26)21-16(2)7-6-8-17(21)3/h6-12,18H,13-14H2,1-5H3,(H,22,24)/t18-/m1/s1. The van der Waals surface area contributed by atoms with E-state index in [0.717, 1.165) is 33.0 Å². The number of sulfonamides is 1. The van der Waals surface area contributed by atoms with Crippen LogP contribution in [0.4, 0.5) is 5.69 Å². The van der Waals surface area contributed by atoms with Crippen LogP contribution in [0.3, 0.4) is 0 Å². The Morgan fingerprint density at radius 3 is 2.18 bits per heavy atom. The summed E-state index contributed by atoms with van der Waals surface area (Å²) in [6.07, 6.45) is 1.11. The van der Waals surface area contributed by atoms with E-state index in [4.69, 9.17) is 4.74 Å². The number of aryl methyl sites for hydroxylation is 3. The summed E-state index contributed by atoms with van der Waals surface area (Å²) in [7, 11) is -3.61. The normalized spacial score (nSPS) is 12.3. The molecule has 1 atom stereocenters. The monoisotopic (exact) mass is 404 g/mol. The average Bonchev–Trinajstić information content (AvgIpc) is 2.59. The fraction of sp³-hybridized carbons (Fsp3) is 0.381. The van der Waals surface area contributed by atoms with Gasteiger partial charge in [-0.25, -0.2) is 8.42 Å². The Balaban J connectivity index is 2.02. The molecule has 1 N–H and O–H groups in total. The number of rotatable bonds is 8. The first-order chi connectivity index (χ1) is 13.1. The Morgan fingerprint density at radius 2 is 1.64 bits per heavy atom. The van der Waals surface area contributed by atoms with Gasteiger partial charge in [0.1, 0.15) is 18.9 Å². The molecule has 1 amide bonds. The minimum atomic E-state index is -3.61. The molecule has 6 nitrogen and oxygen atoms in total. The molecule has 0 aliphatic carbocycles. The second-order valence-corrected chi connectivity index (χ2v) is 9.01. The molecule has 0 bridgehead atoms. The highest BCUT2D eigenvalue weighted by atomic mass is 32.2. The lowest BCUT2D eigenvalue weighted by atomic mass is 10.1. The molecule has 0 saturated carbocycles. The van der Waals surface area contributed by atoms with Crippen molar-refractivity contribution in [3.63, 3.8) is 0 Å². The van der Waals surface area contributed by atoms with Crippen LogP contribution >= 0.6 is 0 Å². The Kier molecular flexibility index (Phi) is 7.07. The van der Waals surface area contributed by atoms with E-state index in [1.807, 2.05) is 70.2 Å². The third-order valence-electron chi connectivity index (χ3n) is 4.30. The number of ether oxygens (including phenoxy) is 1. The first-order valence-corrected chi connectivity index (χ1v) is 11.0. The van der Waals surface area contributed by atoms with Crippen LogP contribution in [-0.4, -0.2) is 39.8 Å². The first-order valence-electron chi connectivity index (χ1n) is 9.10. The number of nitrogens with one attached hydrogen (secondary N) is 1. The van der Waals surface area contributed by atoms with E-state index in [1.54, 1.807) is 0 Å². The van der Waals surface area contributed by atoms with Gasteiger partial charge in [-0.05, 0) is 51.0 Å². The van der Waals surface area contributed by atoms with Crippen LogP contribution in [0.5, 0.6) is 5.75 Å². The fourth-order valence-electron chi connectivity index (χ4n) is 2.91. The van der Waals surface area contributed by atoms with E-state index in [9.17, 15) is 13.2 Å². The molecule has 0 unspecified atom stereocenters. The van der Waals surface area contributed by atoms with E-state index < -0.39 is 10.0 Å². The number of carbonyl (C=O) groups excluding carboxylic acids is 1. The Labute approximate surface area is 167 Å². The van der Waals surface area contributed by atoms with E-state index in [-0.39, 0.29) is 25.1 Å². The molecular weight excluding hydrogens is 376 g/mol. The second kappa shape index (κ2) is 9.10. The lowest BCUT2D eigenvalue weighted by Crippen LogP contribution is -2.45. The summed E-state index contributed by atoms with van der Waals surface area (Å²) in [5, 5.41) is 2.80. The van der Waals surface area contributed by atoms with Gasteiger partial charge in [0.15, 0.2) is 0 Å². The Morgan fingerprint density at radius 1 is 1.07 bits per heavy atom. The maximum Gasteiger partial charge on any atom is 0.241 e. The predicted octanol–water partition coefficient (Wildman–Crippen LogP) is 2.96. The van der Waals surface area contributed by atoms with Gasteiger partial charge < -0.3 is 10.1 Å². The number of hydrogen-bond donors (Lipinski definition) is 1. The zero-order chi connectivity index (χ0) is 20.9. The summed E-state index contributed by atoms with van der Waals surface area (Å²) < 4.78 is 31.5. The summed E-state index contributed by atoms with van der Waals surface area (Å²) >= 11 is 0. The molecule has 0 saturated heterocycles. The molecule has 7 heteroatoms. The van der Waals surface area contributed by atoms with Crippen LogP contribution in [0.25, 0.3) is 0 Å². The van der Waals surface area contributed by atoms with Crippen molar-refractivity contribution in [1.29, 1.82) is 0 Å². The van der Waals surface area contributed by atoms with Gasteiger partial charge in [0.05, 0.1) is 18.0 Å². The highest BCUT2D eigenvalue weighted by Gasteiger charge is 2.24. The first kappa shape index (κ1) is 21.8. The SMILES string of the molecule is Cc1ccc(OC[C@@H](C)NC(=O)CN(c2c(C)cccc2C)S(C)(=O)=O)cc1. The predicted molar refractivity (Wildman–Crippen MR) is 112 cm³/mol. The van der Waals surface area contributed by atoms with Crippen LogP contribution in [-0.2, 0) is 14.8 Å². The van der Waals surface area contributed by atoms with Crippen molar-refractivity contribution >= 4 is 21.6 Å². The molecule has 152 valence electrons. The molecule has 0 aliphatic rings. The van der Waals surface area contributed by atoms with Crippen molar-refractivity contribution in [1.82, 2.24) is 5.32 Å². The molecule has 0 heterocycles. The van der Waals surface area contributed by atoms with E-state index in [1.165, 1.54) is 0 Å². The van der Waals surface area contributed by atoms with Crippen molar-refractivity contribution < 1.29 is 17.9 Å². The van der Waals surface area contributed by atoms with Crippen LogP contribution in [0.1, 0.15) is 23.6 Å². The molecule has 0 aliphatic heterocycles. The number of benzene rings is 2. The lowest BCUT2D eigenvalue weighted by molar-refractivity contribution is -0.120. The Bertz CT molecular complexity index is 904. The smallest absolute Gasteiger partial charge is 0.241 e. The zero-order valence-electron chi connectivity index (χ0n) is 17.0. The highest BCUT2D eigenvalue weighted by molar-refractivity contribution is 7.92. The number of amides is 1.